The molecular formula is C5H4FIS. The van der Waals surface area contributed by atoms with Crippen molar-refractivity contribution in [1.82, 2.24) is 0 Å². The topological polar surface area (TPSA) is 0 Å². The largest absolute Gasteiger partial charge is 0.205 e. The van der Waals surface area contributed by atoms with Gasteiger partial charge in [-0.3, -0.25) is 0 Å². The molecule has 0 aliphatic heterocycles. The van der Waals surface area contributed by atoms with Gasteiger partial charge in [0, 0.05) is 4.88 Å². The molecule has 0 radical (unpaired) electrons. The lowest BCUT2D eigenvalue weighted by Gasteiger charge is -1.72. The summed E-state index contributed by atoms with van der Waals surface area (Å²) in [5.41, 5.74) is 0. The van der Waals surface area contributed by atoms with Crippen LogP contribution in [0.2, 0.25) is 0 Å². The smallest absolute Gasteiger partial charge is 0.147 e. The Morgan fingerprint density at radius 1 is 1.75 bits per heavy atom. The summed E-state index contributed by atoms with van der Waals surface area (Å²) >= 11 is 3.47. The first-order valence-corrected chi connectivity index (χ1v) is 4.01. The van der Waals surface area contributed by atoms with Crippen molar-refractivity contribution in [2.24, 2.45) is 0 Å². The summed E-state index contributed by atoms with van der Waals surface area (Å²) in [7, 11) is 0. The molecule has 0 bridgehead atoms. The van der Waals surface area contributed by atoms with Crippen molar-refractivity contribution in [2.75, 3.05) is 0 Å². The van der Waals surface area contributed by atoms with Crippen LogP contribution in [0.5, 0.6) is 0 Å². The molecule has 0 aliphatic carbocycles. The molecule has 1 aromatic rings. The van der Waals surface area contributed by atoms with E-state index < -0.39 is 0 Å². The van der Waals surface area contributed by atoms with Gasteiger partial charge in [-0.15, -0.1) is 11.3 Å². The molecule has 0 aromatic carbocycles. The summed E-state index contributed by atoms with van der Waals surface area (Å²) in [6, 6.07) is 1.55. The first-order chi connectivity index (χ1) is 3.70. The van der Waals surface area contributed by atoms with Crippen molar-refractivity contribution in [1.29, 1.82) is 0 Å². The van der Waals surface area contributed by atoms with Crippen LogP contribution in [0.15, 0.2) is 6.07 Å². The van der Waals surface area contributed by atoms with Gasteiger partial charge < -0.3 is 0 Å². The van der Waals surface area contributed by atoms with Crippen LogP contribution < -0.4 is 0 Å². The number of hydrogen-bond donors (Lipinski definition) is 0. The molecule has 1 aromatic heterocycles. The van der Waals surface area contributed by atoms with Gasteiger partial charge in [-0.25, -0.2) is 4.39 Å². The molecule has 44 valence electrons. The fraction of sp³-hybridized carbons (Fsp3) is 0.200. The summed E-state index contributed by atoms with van der Waals surface area (Å²) in [6.45, 7) is 1.90. The van der Waals surface area contributed by atoms with Gasteiger partial charge in [0.15, 0.2) is 0 Å². The zero-order valence-electron chi connectivity index (χ0n) is 4.24. The van der Waals surface area contributed by atoms with Crippen molar-refractivity contribution in [2.45, 2.75) is 6.92 Å². The average Bonchev–Trinajstić information content (AvgIpc) is 1.85. The van der Waals surface area contributed by atoms with E-state index in [0.29, 0.717) is 0 Å². The predicted molar refractivity (Wildman–Crippen MR) is 41.7 cm³/mol. The molecule has 0 aliphatic rings. The van der Waals surface area contributed by atoms with E-state index >= 15 is 0 Å². The SMILES string of the molecule is Cc1cc(F)c(I)s1. The van der Waals surface area contributed by atoms with E-state index in [-0.39, 0.29) is 5.82 Å². The van der Waals surface area contributed by atoms with Crippen LogP contribution in [-0.4, -0.2) is 0 Å². The maximum absolute atomic E-state index is 12.3. The van der Waals surface area contributed by atoms with Crippen LogP contribution in [0.3, 0.4) is 0 Å². The minimum Gasteiger partial charge on any atom is -0.205 e. The lowest BCUT2D eigenvalue weighted by atomic mass is 10.5. The zero-order chi connectivity index (χ0) is 6.15. The van der Waals surface area contributed by atoms with Crippen LogP contribution in [0, 0.1) is 15.6 Å². The van der Waals surface area contributed by atoms with Crippen LogP contribution in [0.4, 0.5) is 4.39 Å². The highest BCUT2D eigenvalue weighted by molar-refractivity contribution is 14.1. The second-order valence-corrected chi connectivity index (χ2v) is 4.55. The summed E-state index contributed by atoms with van der Waals surface area (Å²) in [4.78, 5) is 1.03. The van der Waals surface area contributed by atoms with Crippen molar-refractivity contribution >= 4 is 33.9 Å². The van der Waals surface area contributed by atoms with Gasteiger partial charge in [0.2, 0.25) is 0 Å². The third-order valence-electron chi connectivity index (χ3n) is 0.768. The molecule has 0 atom stereocenters. The lowest BCUT2D eigenvalue weighted by molar-refractivity contribution is 0.626. The normalized spacial score (nSPS) is 9.88. The number of halogens is 2. The Kier molecular flexibility index (Phi) is 1.87. The highest BCUT2D eigenvalue weighted by Crippen LogP contribution is 2.21. The van der Waals surface area contributed by atoms with Gasteiger partial charge in [0.25, 0.3) is 0 Å². The molecule has 0 nitrogen and oxygen atoms in total. The number of hydrogen-bond acceptors (Lipinski definition) is 1. The van der Waals surface area contributed by atoms with Gasteiger partial charge in [-0.1, -0.05) is 0 Å². The molecule has 0 unspecified atom stereocenters. The van der Waals surface area contributed by atoms with Crippen molar-refractivity contribution in [3.63, 3.8) is 0 Å². The van der Waals surface area contributed by atoms with Crippen LogP contribution in [0.1, 0.15) is 4.88 Å². The van der Waals surface area contributed by atoms with E-state index in [9.17, 15) is 4.39 Å². The highest BCUT2D eigenvalue weighted by atomic mass is 127. The Morgan fingerprint density at radius 3 is 2.50 bits per heavy atom. The maximum atomic E-state index is 12.3. The fourth-order valence-corrected chi connectivity index (χ4v) is 2.25. The fourth-order valence-electron chi connectivity index (χ4n) is 0.455. The van der Waals surface area contributed by atoms with Crippen molar-refractivity contribution in [3.8, 4) is 0 Å². The second kappa shape index (κ2) is 2.31. The molecule has 3 heteroatoms. The molecular weight excluding hydrogens is 238 g/mol. The van der Waals surface area contributed by atoms with E-state index in [1.165, 1.54) is 11.3 Å². The van der Waals surface area contributed by atoms with E-state index in [1.807, 2.05) is 29.5 Å². The Bertz CT molecular complexity index is 175. The van der Waals surface area contributed by atoms with E-state index in [2.05, 4.69) is 0 Å². The van der Waals surface area contributed by atoms with Gasteiger partial charge in [0.1, 0.15) is 8.70 Å². The lowest BCUT2D eigenvalue weighted by Crippen LogP contribution is -1.62. The van der Waals surface area contributed by atoms with Gasteiger partial charge in [-0.05, 0) is 35.6 Å². The summed E-state index contributed by atoms with van der Waals surface area (Å²) < 4.78 is 13.1. The highest BCUT2D eigenvalue weighted by Gasteiger charge is 1.99. The molecule has 0 amide bonds. The first-order valence-electron chi connectivity index (χ1n) is 2.11. The third kappa shape index (κ3) is 1.20. The Morgan fingerprint density at radius 2 is 2.38 bits per heavy atom. The Labute approximate surface area is 64.9 Å². The van der Waals surface area contributed by atoms with Gasteiger partial charge in [-0.2, -0.15) is 0 Å². The minimum absolute atomic E-state index is 0.0897. The molecule has 0 spiro atoms. The standard InChI is InChI=1S/C5H4FIS/c1-3-2-4(6)5(7)8-3/h2H,1H3. The number of aryl methyl sites for hydroxylation is 1. The Hall–Kier alpha value is 0.360. The maximum Gasteiger partial charge on any atom is 0.147 e. The zero-order valence-corrected chi connectivity index (χ0v) is 7.22. The average molecular weight is 242 g/mol. The van der Waals surface area contributed by atoms with Crippen LogP contribution in [0.25, 0.3) is 0 Å². The molecule has 1 heterocycles. The molecule has 0 fully saturated rings. The second-order valence-electron chi connectivity index (χ2n) is 1.48. The van der Waals surface area contributed by atoms with E-state index in [0.717, 1.165) is 7.76 Å². The third-order valence-corrected chi connectivity index (χ3v) is 2.76. The minimum atomic E-state index is -0.0897. The molecule has 0 saturated heterocycles. The molecule has 1 rings (SSSR count). The van der Waals surface area contributed by atoms with E-state index in [4.69, 9.17) is 0 Å². The van der Waals surface area contributed by atoms with Crippen LogP contribution in [-0.2, 0) is 0 Å². The Balaban J connectivity index is 3.14. The van der Waals surface area contributed by atoms with Gasteiger partial charge >= 0.3 is 0 Å². The summed E-state index contributed by atoms with van der Waals surface area (Å²) in [5, 5.41) is 0. The van der Waals surface area contributed by atoms with Crippen molar-refractivity contribution in [3.05, 3.63) is 19.6 Å². The molecule has 0 N–H and O–H groups in total. The molecule has 0 saturated carbocycles. The number of rotatable bonds is 0. The first kappa shape index (κ1) is 6.48. The molecule has 8 heavy (non-hydrogen) atoms. The van der Waals surface area contributed by atoms with Crippen molar-refractivity contribution < 1.29 is 4.39 Å². The summed E-state index contributed by atoms with van der Waals surface area (Å²) in [6.07, 6.45) is 0. The monoisotopic (exact) mass is 242 g/mol. The summed E-state index contributed by atoms with van der Waals surface area (Å²) in [5.74, 6) is -0.0897. The number of thiophene rings is 1. The quantitative estimate of drug-likeness (QED) is 0.613. The van der Waals surface area contributed by atoms with E-state index in [1.54, 1.807) is 6.07 Å². The van der Waals surface area contributed by atoms with Crippen LogP contribution >= 0.6 is 33.9 Å². The predicted octanol–water partition coefficient (Wildman–Crippen LogP) is 2.80. The van der Waals surface area contributed by atoms with Gasteiger partial charge in [0.05, 0.1) is 0 Å².